The molecular formula is C10H19NO2. The molecule has 0 radical (unpaired) electrons. The Hall–Kier alpha value is -0.730. The van der Waals surface area contributed by atoms with Crippen molar-refractivity contribution < 1.29 is 9.53 Å². The Morgan fingerprint density at radius 2 is 2.08 bits per heavy atom. The molecule has 1 rings (SSSR count). The van der Waals surface area contributed by atoms with Gasteiger partial charge in [-0.05, 0) is 31.1 Å². The van der Waals surface area contributed by atoms with Gasteiger partial charge < -0.3 is 10.1 Å². The second-order valence-corrected chi connectivity index (χ2v) is 4.45. The summed E-state index contributed by atoms with van der Waals surface area (Å²) in [6.45, 7) is 6.44. The summed E-state index contributed by atoms with van der Waals surface area (Å²) in [6, 6.07) is 0.174. The summed E-state index contributed by atoms with van der Waals surface area (Å²) < 4.78 is 4.57. The summed E-state index contributed by atoms with van der Waals surface area (Å²) in [5, 5.41) is 2.83. The molecule has 0 aromatic rings. The number of carbonyl (C=O) groups excluding carboxylic acids is 1. The van der Waals surface area contributed by atoms with Gasteiger partial charge in [0.15, 0.2) is 0 Å². The number of hydrogen-bond acceptors (Lipinski definition) is 2. The van der Waals surface area contributed by atoms with Crippen LogP contribution in [-0.4, -0.2) is 19.2 Å². The number of amides is 1. The van der Waals surface area contributed by atoms with Crippen LogP contribution in [-0.2, 0) is 4.74 Å². The van der Waals surface area contributed by atoms with Crippen LogP contribution < -0.4 is 5.32 Å². The highest BCUT2D eigenvalue weighted by Gasteiger charge is 2.42. The minimum Gasteiger partial charge on any atom is -0.453 e. The van der Waals surface area contributed by atoms with Crippen LogP contribution in [0.25, 0.3) is 0 Å². The van der Waals surface area contributed by atoms with Crippen LogP contribution in [0.15, 0.2) is 0 Å². The lowest BCUT2D eigenvalue weighted by atomic mass is 9.80. The van der Waals surface area contributed by atoms with Crippen molar-refractivity contribution in [3.63, 3.8) is 0 Å². The maximum absolute atomic E-state index is 11.0. The average molecular weight is 185 g/mol. The third-order valence-corrected chi connectivity index (χ3v) is 3.27. The van der Waals surface area contributed by atoms with Gasteiger partial charge in [0.1, 0.15) is 0 Å². The van der Waals surface area contributed by atoms with E-state index in [1.165, 1.54) is 20.0 Å². The Morgan fingerprint density at radius 3 is 2.46 bits per heavy atom. The molecule has 76 valence electrons. The van der Waals surface area contributed by atoms with Crippen molar-refractivity contribution in [1.29, 1.82) is 0 Å². The van der Waals surface area contributed by atoms with Gasteiger partial charge in [0.2, 0.25) is 0 Å². The summed E-state index contributed by atoms with van der Waals surface area (Å²) in [4.78, 5) is 11.0. The fourth-order valence-electron chi connectivity index (χ4n) is 1.60. The molecule has 0 aliphatic heterocycles. The summed E-state index contributed by atoms with van der Waals surface area (Å²) in [5.74, 6) is 0.764. The molecule has 1 aliphatic rings. The lowest BCUT2D eigenvalue weighted by Gasteiger charge is -2.32. The van der Waals surface area contributed by atoms with Crippen LogP contribution in [0.2, 0.25) is 0 Å². The molecule has 1 amide bonds. The Balaban J connectivity index is 2.45. The van der Waals surface area contributed by atoms with E-state index >= 15 is 0 Å². The molecule has 3 heteroatoms. The monoisotopic (exact) mass is 185 g/mol. The van der Waals surface area contributed by atoms with Gasteiger partial charge in [-0.2, -0.15) is 0 Å². The van der Waals surface area contributed by atoms with Gasteiger partial charge in [0.05, 0.1) is 7.11 Å². The van der Waals surface area contributed by atoms with E-state index in [1.54, 1.807) is 0 Å². The van der Waals surface area contributed by atoms with E-state index < -0.39 is 0 Å². The highest BCUT2D eigenvalue weighted by molar-refractivity contribution is 5.67. The third-order valence-electron chi connectivity index (χ3n) is 3.27. The lowest BCUT2D eigenvalue weighted by molar-refractivity contribution is 0.147. The first-order valence-electron chi connectivity index (χ1n) is 4.83. The molecular weight excluding hydrogens is 166 g/mol. The zero-order valence-corrected chi connectivity index (χ0v) is 8.89. The van der Waals surface area contributed by atoms with E-state index in [4.69, 9.17) is 0 Å². The van der Waals surface area contributed by atoms with Gasteiger partial charge in [-0.3, -0.25) is 0 Å². The zero-order chi connectivity index (χ0) is 10.1. The molecule has 0 spiro atoms. The standard InChI is InChI=1S/C10H19NO2/c1-7(11-9(12)13-4)10(2,3)8-5-6-8/h7-8H,5-6H2,1-4H3,(H,11,12). The van der Waals surface area contributed by atoms with Crippen molar-refractivity contribution in [2.75, 3.05) is 7.11 Å². The molecule has 1 saturated carbocycles. The van der Waals surface area contributed by atoms with Gasteiger partial charge >= 0.3 is 6.09 Å². The first-order chi connectivity index (χ1) is 5.98. The van der Waals surface area contributed by atoms with Crippen LogP contribution in [0.1, 0.15) is 33.6 Å². The largest absolute Gasteiger partial charge is 0.453 e. The first kappa shape index (κ1) is 10.4. The molecule has 1 N–H and O–H groups in total. The van der Waals surface area contributed by atoms with Crippen LogP contribution in [0.3, 0.4) is 0 Å². The van der Waals surface area contributed by atoms with Crippen molar-refractivity contribution in [3.8, 4) is 0 Å². The third kappa shape index (κ3) is 2.36. The van der Waals surface area contributed by atoms with E-state index in [9.17, 15) is 4.79 Å². The number of nitrogens with one attached hydrogen (secondary N) is 1. The SMILES string of the molecule is COC(=O)NC(C)C(C)(C)C1CC1. The molecule has 0 saturated heterocycles. The number of carbonyl (C=O) groups is 1. The predicted octanol–water partition coefficient (Wildman–Crippen LogP) is 2.17. The van der Waals surface area contributed by atoms with E-state index in [2.05, 4.69) is 23.9 Å². The van der Waals surface area contributed by atoms with Crippen LogP contribution >= 0.6 is 0 Å². The van der Waals surface area contributed by atoms with Crippen LogP contribution in [0, 0.1) is 11.3 Å². The molecule has 3 nitrogen and oxygen atoms in total. The number of rotatable bonds is 3. The highest BCUT2D eigenvalue weighted by Crippen LogP contribution is 2.47. The number of hydrogen-bond donors (Lipinski definition) is 1. The van der Waals surface area contributed by atoms with E-state index in [0.29, 0.717) is 0 Å². The van der Waals surface area contributed by atoms with Crippen LogP contribution in [0.4, 0.5) is 4.79 Å². The fraction of sp³-hybridized carbons (Fsp3) is 0.900. The summed E-state index contributed by atoms with van der Waals surface area (Å²) in [5.41, 5.74) is 0.189. The van der Waals surface area contributed by atoms with Gasteiger partial charge in [-0.1, -0.05) is 13.8 Å². The van der Waals surface area contributed by atoms with Gasteiger partial charge in [-0.25, -0.2) is 4.79 Å². The molecule has 1 atom stereocenters. The second kappa shape index (κ2) is 3.56. The Labute approximate surface area is 79.8 Å². The van der Waals surface area contributed by atoms with Crippen molar-refractivity contribution in [3.05, 3.63) is 0 Å². The summed E-state index contributed by atoms with van der Waals surface area (Å²) >= 11 is 0. The molecule has 1 aliphatic carbocycles. The van der Waals surface area contributed by atoms with Gasteiger partial charge in [-0.15, -0.1) is 0 Å². The van der Waals surface area contributed by atoms with Crippen molar-refractivity contribution in [2.24, 2.45) is 11.3 Å². The minimum absolute atomic E-state index is 0.174. The maximum atomic E-state index is 11.0. The van der Waals surface area contributed by atoms with E-state index in [-0.39, 0.29) is 17.6 Å². The Kier molecular flexibility index (Phi) is 2.84. The maximum Gasteiger partial charge on any atom is 0.407 e. The molecule has 0 bridgehead atoms. The number of ether oxygens (including phenoxy) is 1. The van der Waals surface area contributed by atoms with Gasteiger partial charge in [0, 0.05) is 6.04 Å². The second-order valence-electron chi connectivity index (χ2n) is 4.45. The van der Waals surface area contributed by atoms with E-state index in [1.807, 2.05) is 6.92 Å². The molecule has 0 heterocycles. The van der Waals surface area contributed by atoms with Crippen molar-refractivity contribution >= 4 is 6.09 Å². The minimum atomic E-state index is -0.332. The quantitative estimate of drug-likeness (QED) is 0.731. The molecule has 1 fully saturated rings. The molecule has 0 aromatic carbocycles. The molecule has 0 aromatic heterocycles. The fourth-order valence-corrected chi connectivity index (χ4v) is 1.60. The molecule has 1 unspecified atom stereocenters. The van der Waals surface area contributed by atoms with Crippen molar-refractivity contribution in [1.82, 2.24) is 5.32 Å². The normalized spacial score (nSPS) is 19.4. The smallest absolute Gasteiger partial charge is 0.407 e. The topological polar surface area (TPSA) is 38.3 Å². The summed E-state index contributed by atoms with van der Waals surface area (Å²) in [6.07, 6.45) is 2.25. The zero-order valence-electron chi connectivity index (χ0n) is 8.89. The Bertz CT molecular complexity index is 197. The summed E-state index contributed by atoms with van der Waals surface area (Å²) in [7, 11) is 1.40. The van der Waals surface area contributed by atoms with Gasteiger partial charge in [0.25, 0.3) is 0 Å². The Morgan fingerprint density at radius 1 is 1.54 bits per heavy atom. The predicted molar refractivity (Wildman–Crippen MR) is 51.5 cm³/mol. The molecule has 13 heavy (non-hydrogen) atoms. The van der Waals surface area contributed by atoms with Crippen molar-refractivity contribution in [2.45, 2.75) is 39.7 Å². The number of alkyl carbamates (subject to hydrolysis) is 1. The van der Waals surface area contributed by atoms with E-state index in [0.717, 1.165) is 5.92 Å². The first-order valence-corrected chi connectivity index (χ1v) is 4.83. The lowest BCUT2D eigenvalue weighted by Crippen LogP contribution is -2.44. The van der Waals surface area contributed by atoms with Crippen LogP contribution in [0.5, 0.6) is 0 Å². The highest BCUT2D eigenvalue weighted by atomic mass is 16.5. The average Bonchev–Trinajstić information content (AvgIpc) is 2.86. The number of methoxy groups -OCH3 is 1.